The molecule has 0 radical (unpaired) electrons. The third-order valence-corrected chi connectivity index (χ3v) is 2.72. The number of benzene rings is 1. The average Bonchev–Trinajstić information content (AvgIpc) is 2.29. The molecule has 0 aromatic heterocycles. The maximum absolute atomic E-state index is 11.5. The van der Waals surface area contributed by atoms with E-state index in [2.05, 4.69) is 21.2 Å². The van der Waals surface area contributed by atoms with E-state index in [4.69, 9.17) is 0 Å². The summed E-state index contributed by atoms with van der Waals surface area (Å²) in [5.74, 6) is -0.194. The Morgan fingerprint density at radius 2 is 2.06 bits per heavy atom. The van der Waals surface area contributed by atoms with Gasteiger partial charge in [0.25, 0.3) is 5.69 Å². The van der Waals surface area contributed by atoms with E-state index in [9.17, 15) is 14.9 Å². The van der Waals surface area contributed by atoms with Gasteiger partial charge in [0.15, 0.2) is 0 Å². The van der Waals surface area contributed by atoms with Crippen LogP contribution in [0.25, 0.3) is 0 Å². The summed E-state index contributed by atoms with van der Waals surface area (Å²) in [6.45, 7) is 0. The van der Waals surface area contributed by atoms with Crippen LogP contribution in [0.3, 0.4) is 0 Å². The third kappa shape index (κ3) is 4.52. The molecule has 0 heterocycles. The monoisotopic (exact) mass is 300 g/mol. The van der Waals surface area contributed by atoms with Gasteiger partial charge in [0.05, 0.1) is 4.92 Å². The van der Waals surface area contributed by atoms with Gasteiger partial charge in [-0.2, -0.15) is 0 Å². The normalized spacial score (nSPS) is 9.94. The molecule has 0 atom stereocenters. The van der Waals surface area contributed by atoms with E-state index in [0.717, 1.165) is 18.2 Å². The quantitative estimate of drug-likeness (QED) is 0.380. The van der Waals surface area contributed by atoms with Crippen molar-refractivity contribution in [2.75, 3.05) is 10.6 Å². The zero-order valence-corrected chi connectivity index (χ0v) is 10.8. The van der Waals surface area contributed by atoms with Crippen LogP contribution in [0.4, 0.5) is 11.4 Å². The Morgan fingerprint density at radius 1 is 1.35 bits per heavy atom. The number of rotatable bonds is 6. The molecule has 0 spiro atoms. The van der Waals surface area contributed by atoms with Crippen molar-refractivity contribution in [2.24, 2.45) is 0 Å². The Bertz CT molecular complexity index is 409. The maximum Gasteiger partial charge on any atom is 0.292 e. The molecule has 17 heavy (non-hydrogen) atoms. The molecule has 0 fully saturated rings. The Morgan fingerprint density at radius 3 is 2.71 bits per heavy atom. The molecular weight excluding hydrogens is 288 g/mol. The van der Waals surface area contributed by atoms with Crippen LogP contribution in [0.1, 0.15) is 19.3 Å². The first-order valence-corrected chi connectivity index (χ1v) is 6.36. The summed E-state index contributed by atoms with van der Waals surface area (Å²) >= 11 is 3.28. The highest BCUT2D eigenvalue weighted by Crippen LogP contribution is 2.23. The highest BCUT2D eigenvalue weighted by Gasteiger charge is 2.14. The topological polar surface area (TPSA) is 72.2 Å². The van der Waals surface area contributed by atoms with Crippen LogP contribution in [0, 0.1) is 10.1 Å². The fraction of sp³-hybridized carbons (Fsp3) is 0.364. The Kier molecular flexibility index (Phi) is 5.62. The largest absolute Gasteiger partial charge is 0.320 e. The molecule has 0 aliphatic carbocycles. The van der Waals surface area contributed by atoms with Gasteiger partial charge in [-0.05, 0) is 18.9 Å². The minimum absolute atomic E-state index is 0.0821. The van der Waals surface area contributed by atoms with E-state index < -0.39 is 4.92 Å². The number of anilines is 1. The lowest BCUT2D eigenvalue weighted by Gasteiger charge is -2.05. The molecule has 1 rings (SSSR count). The summed E-state index contributed by atoms with van der Waals surface area (Å²) in [4.78, 5) is 21.7. The molecule has 5 nitrogen and oxygen atoms in total. The van der Waals surface area contributed by atoms with Crippen molar-refractivity contribution in [2.45, 2.75) is 19.3 Å². The van der Waals surface area contributed by atoms with Crippen LogP contribution >= 0.6 is 15.9 Å². The van der Waals surface area contributed by atoms with Crippen LogP contribution in [-0.4, -0.2) is 16.2 Å². The summed E-state index contributed by atoms with van der Waals surface area (Å²) < 4.78 is 0. The number of nitro groups is 1. The first kappa shape index (κ1) is 13.6. The second-order valence-electron chi connectivity index (χ2n) is 3.47. The molecule has 0 unspecified atom stereocenters. The number of nitrogens with one attached hydrogen (secondary N) is 1. The summed E-state index contributed by atoms with van der Waals surface area (Å²) in [6, 6.07) is 6.12. The summed E-state index contributed by atoms with van der Waals surface area (Å²) in [7, 11) is 0. The zero-order chi connectivity index (χ0) is 12.7. The number of hydrogen-bond donors (Lipinski definition) is 1. The van der Waals surface area contributed by atoms with Crippen LogP contribution < -0.4 is 5.32 Å². The van der Waals surface area contributed by atoms with E-state index >= 15 is 0 Å². The lowest BCUT2D eigenvalue weighted by atomic mass is 10.2. The number of halogens is 1. The summed E-state index contributed by atoms with van der Waals surface area (Å²) in [6.07, 6.45) is 2.04. The van der Waals surface area contributed by atoms with Gasteiger partial charge in [-0.15, -0.1) is 0 Å². The number of carbonyl (C=O) groups is 1. The molecule has 6 heteroatoms. The number of unbranched alkanes of at least 4 members (excludes halogenated alkanes) is 1. The summed E-state index contributed by atoms with van der Waals surface area (Å²) in [5.41, 5.74) is 0.169. The van der Waals surface area contributed by atoms with E-state index in [1.165, 1.54) is 12.1 Å². The molecule has 1 aromatic rings. The molecule has 0 saturated heterocycles. The SMILES string of the molecule is O=C(CCCCBr)Nc1ccccc1[N+](=O)[O-]. The predicted octanol–water partition coefficient (Wildman–Crippen LogP) is 3.10. The van der Waals surface area contributed by atoms with Gasteiger partial charge in [-0.25, -0.2) is 0 Å². The highest BCUT2D eigenvalue weighted by atomic mass is 79.9. The molecule has 0 aliphatic rings. The number of hydrogen-bond acceptors (Lipinski definition) is 3. The van der Waals surface area contributed by atoms with E-state index in [-0.39, 0.29) is 17.3 Å². The van der Waals surface area contributed by atoms with E-state index in [1.807, 2.05) is 0 Å². The molecule has 0 aliphatic heterocycles. The Balaban J connectivity index is 2.61. The molecule has 1 N–H and O–H groups in total. The number of alkyl halides is 1. The van der Waals surface area contributed by atoms with Crippen LogP contribution in [0.5, 0.6) is 0 Å². The zero-order valence-electron chi connectivity index (χ0n) is 9.19. The van der Waals surface area contributed by atoms with Gasteiger partial charge < -0.3 is 5.32 Å². The fourth-order valence-electron chi connectivity index (χ4n) is 1.33. The van der Waals surface area contributed by atoms with Gasteiger partial charge in [0.1, 0.15) is 5.69 Å². The minimum Gasteiger partial charge on any atom is -0.320 e. The molecular formula is C11H13BrN2O3. The summed E-state index contributed by atoms with van der Waals surface area (Å²) in [5, 5.41) is 14.1. The predicted molar refractivity (Wildman–Crippen MR) is 69.4 cm³/mol. The number of carbonyl (C=O) groups excluding carboxylic acids is 1. The minimum atomic E-state index is -0.506. The van der Waals surface area contributed by atoms with E-state index in [1.54, 1.807) is 12.1 Å². The van der Waals surface area contributed by atoms with Crippen molar-refractivity contribution >= 4 is 33.2 Å². The van der Waals surface area contributed by atoms with Crippen molar-refractivity contribution in [1.29, 1.82) is 0 Å². The van der Waals surface area contributed by atoms with Crippen LogP contribution in [-0.2, 0) is 4.79 Å². The molecule has 1 aromatic carbocycles. The van der Waals surface area contributed by atoms with Crippen molar-refractivity contribution < 1.29 is 9.72 Å². The number of nitro benzene ring substituents is 1. The van der Waals surface area contributed by atoms with Crippen LogP contribution in [0.2, 0.25) is 0 Å². The second kappa shape index (κ2) is 7.01. The average molecular weight is 301 g/mol. The smallest absolute Gasteiger partial charge is 0.292 e. The van der Waals surface area contributed by atoms with Crippen molar-refractivity contribution in [3.63, 3.8) is 0 Å². The first-order chi connectivity index (χ1) is 8.15. The van der Waals surface area contributed by atoms with Gasteiger partial charge >= 0.3 is 0 Å². The van der Waals surface area contributed by atoms with Crippen LogP contribution in [0.15, 0.2) is 24.3 Å². The van der Waals surface area contributed by atoms with Gasteiger partial charge in [0, 0.05) is 17.8 Å². The third-order valence-electron chi connectivity index (χ3n) is 2.16. The van der Waals surface area contributed by atoms with Gasteiger partial charge in [-0.3, -0.25) is 14.9 Å². The Labute approximate surface area is 107 Å². The standard InChI is InChI=1S/C11H13BrN2O3/c12-8-4-3-7-11(15)13-9-5-1-2-6-10(9)14(16)17/h1-2,5-6H,3-4,7-8H2,(H,13,15). The number of nitrogens with zero attached hydrogens (tertiary/aromatic N) is 1. The number of amides is 1. The van der Waals surface area contributed by atoms with E-state index in [0.29, 0.717) is 6.42 Å². The first-order valence-electron chi connectivity index (χ1n) is 5.24. The lowest BCUT2D eigenvalue weighted by Crippen LogP contribution is -2.12. The molecule has 0 saturated carbocycles. The lowest BCUT2D eigenvalue weighted by molar-refractivity contribution is -0.383. The second-order valence-corrected chi connectivity index (χ2v) is 4.26. The van der Waals surface area contributed by atoms with Gasteiger partial charge in [-0.1, -0.05) is 28.1 Å². The molecule has 92 valence electrons. The molecule has 0 bridgehead atoms. The van der Waals surface area contributed by atoms with Crippen molar-refractivity contribution in [3.05, 3.63) is 34.4 Å². The van der Waals surface area contributed by atoms with Gasteiger partial charge in [0.2, 0.25) is 5.91 Å². The number of para-hydroxylation sites is 2. The van der Waals surface area contributed by atoms with Crippen molar-refractivity contribution in [1.82, 2.24) is 0 Å². The fourth-order valence-corrected chi connectivity index (χ4v) is 1.73. The highest BCUT2D eigenvalue weighted by molar-refractivity contribution is 9.09. The molecule has 1 amide bonds. The van der Waals surface area contributed by atoms with Crippen molar-refractivity contribution in [3.8, 4) is 0 Å². The Hall–Kier alpha value is -1.43. The maximum atomic E-state index is 11.5.